The van der Waals surface area contributed by atoms with E-state index in [4.69, 9.17) is 0 Å². The van der Waals surface area contributed by atoms with E-state index in [0.29, 0.717) is 5.41 Å². The molecular formula is C15H27N. The van der Waals surface area contributed by atoms with Gasteiger partial charge in [-0.25, -0.2) is 0 Å². The summed E-state index contributed by atoms with van der Waals surface area (Å²) < 4.78 is 0. The number of rotatable bonds is 2. The van der Waals surface area contributed by atoms with E-state index >= 15 is 0 Å². The monoisotopic (exact) mass is 221 g/mol. The van der Waals surface area contributed by atoms with Crippen LogP contribution < -0.4 is 5.32 Å². The molecule has 3 aliphatic carbocycles. The maximum absolute atomic E-state index is 3.89. The summed E-state index contributed by atoms with van der Waals surface area (Å²) in [6.07, 6.45) is 13.4. The first kappa shape index (κ1) is 11.1. The lowest BCUT2D eigenvalue weighted by atomic mass is 9.71. The standard InChI is InChI=1S/C15H27N/c1-14(2)11-13(14)16-12-5-9-15(10-6-12)7-3-4-8-15/h12-13,16H,3-11H2,1-2H3. The van der Waals surface area contributed by atoms with Crippen molar-refractivity contribution in [2.45, 2.75) is 83.7 Å². The molecule has 0 aromatic carbocycles. The SMILES string of the molecule is CC1(C)CC1NC1CCC2(CCCC2)CC1. The molecule has 0 aromatic rings. The van der Waals surface area contributed by atoms with Crippen LogP contribution in [0.4, 0.5) is 0 Å². The van der Waals surface area contributed by atoms with Gasteiger partial charge in [0, 0.05) is 12.1 Å². The fraction of sp³-hybridized carbons (Fsp3) is 1.00. The van der Waals surface area contributed by atoms with Gasteiger partial charge in [0.25, 0.3) is 0 Å². The molecule has 1 N–H and O–H groups in total. The number of nitrogens with one attached hydrogen (secondary N) is 1. The van der Waals surface area contributed by atoms with Gasteiger partial charge < -0.3 is 5.32 Å². The minimum Gasteiger partial charge on any atom is -0.311 e. The van der Waals surface area contributed by atoms with Gasteiger partial charge in [0.1, 0.15) is 0 Å². The largest absolute Gasteiger partial charge is 0.311 e. The highest BCUT2D eigenvalue weighted by molar-refractivity contribution is 5.03. The molecule has 16 heavy (non-hydrogen) atoms. The maximum atomic E-state index is 3.89. The van der Waals surface area contributed by atoms with Gasteiger partial charge in [-0.2, -0.15) is 0 Å². The van der Waals surface area contributed by atoms with E-state index < -0.39 is 0 Å². The van der Waals surface area contributed by atoms with E-state index in [1.54, 1.807) is 0 Å². The van der Waals surface area contributed by atoms with Crippen molar-refractivity contribution in [3.8, 4) is 0 Å². The number of hydrogen-bond acceptors (Lipinski definition) is 1. The molecule has 1 spiro atoms. The van der Waals surface area contributed by atoms with Crippen LogP contribution in [0.3, 0.4) is 0 Å². The van der Waals surface area contributed by atoms with Gasteiger partial charge >= 0.3 is 0 Å². The van der Waals surface area contributed by atoms with Crippen molar-refractivity contribution in [2.75, 3.05) is 0 Å². The Kier molecular flexibility index (Phi) is 2.58. The molecular weight excluding hydrogens is 194 g/mol. The molecule has 0 aromatic heterocycles. The minimum atomic E-state index is 0.600. The van der Waals surface area contributed by atoms with E-state index in [-0.39, 0.29) is 0 Å². The van der Waals surface area contributed by atoms with Crippen LogP contribution in [-0.2, 0) is 0 Å². The van der Waals surface area contributed by atoms with Gasteiger partial charge in [-0.15, -0.1) is 0 Å². The molecule has 3 aliphatic rings. The summed E-state index contributed by atoms with van der Waals surface area (Å²) in [5.41, 5.74) is 1.40. The van der Waals surface area contributed by atoms with Gasteiger partial charge in [0.15, 0.2) is 0 Å². The summed E-state index contributed by atoms with van der Waals surface area (Å²) in [7, 11) is 0. The molecule has 1 atom stereocenters. The zero-order valence-corrected chi connectivity index (χ0v) is 11.0. The quantitative estimate of drug-likeness (QED) is 0.746. The van der Waals surface area contributed by atoms with Crippen molar-refractivity contribution in [1.29, 1.82) is 0 Å². The molecule has 0 radical (unpaired) electrons. The van der Waals surface area contributed by atoms with Crippen molar-refractivity contribution >= 4 is 0 Å². The van der Waals surface area contributed by atoms with E-state index in [0.717, 1.165) is 17.5 Å². The van der Waals surface area contributed by atoms with Crippen LogP contribution in [0.1, 0.15) is 71.6 Å². The summed E-state index contributed by atoms with van der Waals surface area (Å²) in [5, 5.41) is 3.89. The Hall–Kier alpha value is -0.0400. The summed E-state index contributed by atoms with van der Waals surface area (Å²) in [6, 6.07) is 1.67. The average molecular weight is 221 g/mol. The van der Waals surface area contributed by atoms with Crippen LogP contribution in [0.25, 0.3) is 0 Å². The lowest BCUT2D eigenvalue weighted by Crippen LogP contribution is -2.38. The van der Waals surface area contributed by atoms with Gasteiger partial charge in [-0.3, -0.25) is 0 Å². The third-order valence-electron chi connectivity index (χ3n) is 5.66. The van der Waals surface area contributed by atoms with Crippen molar-refractivity contribution in [3.63, 3.8) is 0 Å². The van der Waals surface area contributed by atoms with Gasteiger partial charge in [0.05, 0.1) is 0 Å². The van der Waals surface area contributed by atoms with E-state index in [1.165, 1.54) is 57.8 Å². The molecule has 3 saturated carbocycles. The Morgan fingerprint density at radius 1 is 0.938 bits per heavy atom. The van der Waals surface area contributed by atoms with Crippen LogP contribution in [0.15, 0.2) is 0 Å². The second-order valence-electron chi connectivity index (χ2n) is 7.39. The molecule has 0 aliphatic heterocycles. The second-order valence-corrected chi connectivity index (χ2v) is 7.39. The average Bonchev–Trinajstić information content (AvgIpc) is 2.67. The minimum absolute atomic E-state index is 0.600. The van der Waals surface area contributed by atoms with Crippen LogP contribution in [0.2, 0.25) is 0 Å². The van der Waals surface area contributed by atoms with Crippen molar-refractivity contribution in [1.82, 2.24) is 5.32 Å². The fourth-order valence-electron chi connectivity index (χ4n) is 4.06. The molecule has 1 nitrogen and oxygen atoms in total. The molecule has 1 unspecified atom stereocenters. The topological polar surface area (TPSA) is 12.0 Å². The summed E-state index contributed by atoms with van der Waals surface area (Å²) >= 11 is 0. The number of hydrogen-bond donors (Lipinski definition) is 1. The summed E-state index contributed by atoms with van der Waals surface area (Å²) in [4.78, 5) is 0. The predicted molar refractivity (Wildman–Crippen MR) is 68.5 cm³/mol. The third kappa shape index (κ3) is 2.03. The molecule has 1 heteroatoms. The van der Waals surface area contributed by atoms with Crippen molar-refractivity contribution in [3.05, 3.63) is 0 Å². The van der Waals surface area contributed by atoms with Gasteiger partial charge in [-0.1, -0.05) is 26.7 Å². The van der Waals surface area contributed by atoms with Crippen molar-refractivity contribution in [2.24, 2.45) is 10.8 Å². The molecule has 3 rings (SSSR count). The van der Waals surface area contributed by atoms with Gasteiger partial charge in [0.2, 0.25) is 0 Å². The normalized spacial score (nSPS) is 36.8. The van der Waals surface area contributed by atoms with E-state index in [2.05, 4.69) is 19.2 Å². The smallest absolute Gasteiger partial charge is 0.0127 e. The molecule has 3 fully saturated rings. The summed E-state index contributed by atoms with van der Waals surface area (Å²) in [6.45, 7) is 4.79. The first-order valence-corrected chi connectivity index (χ1v) is 7.36. The van der Waals surface area contributed by atoms with Crippen LogP contribution in [0, 0.1) is 10.8 Å². The zero-order valence-electron chi connectivity index (χ0n) is 11.0. The van der Waals surface area contributed by atoms with Crippen LogP contribution in [0.5, 0.6) is 0 Å². The van der Waals surface area contributed by atoms with E-state index in [9.17, 15) is 0 Å². The Morgan fingerprint density at radius 2 is 1.50 bits per heavy atom. The Morgan fingerprint density at radius 3 is 2.00 bits per heavy atom. The first-order valence-electron chi connectivity index (χ1n) is 7.36. The zero-order chi connectivity index (χ0) is 11.2. The van der Waals surface area contributed by atoms with Gasteiger partial charge in [-0.05, 0) is 55.8 Å². The molecule has 0 saturated heterocycles. The maximum Gasteiger partial charge on any atom is 0.0127 e. The van der Waals surface area contributed by atoms with Crippen LogP contribution >= 0.6 is 0 Å². The third-order valence-corrected chi connectivity index (χ3v) is 5.66. The first-order chi connectivity index (χ1) is 7.60. The Labute approximate surface area is 100 Å². The van der Waals surface area contributed by atoms with Crippen molar-refractivity contribution < 1.29 is 0 Å². The lowest BCUT2D eigenvalue weighted by Gasteiger charge is -2.38. The molecule has 92 valence electrons. The molecule has 0 bridgehead atoms. The lowest BCUT2D eigenvalue weighted by molar-refractivity contribution is 0.166. The second kappa shape index (κ2) is 3.73. The van der Waals surface area contributed by atoms with Crippen LogP contribution in [-0.4, -0.2) is 12.1 Å². The fourth-order valence-corrected chi connectivity index (χ4v) is 4.06. The Balaban J connectivity index is 1.48. The Bertz CT molecular complexity index is 253. The van der Waals surface area contributed by atoms with E-state index in [1.807, 2.05) is 0 Å². The highest BCUT2D eigenvalue weighted by Crippen LogP contribution is 2.50. The highest BCUT2D eigenvalue weighted by atomic mass is 15.0. The highest BCUT2D eigenvalue weighted by Gasteiger charge is 2.47. The molecule has 0 heterocycles. The predicted octanol–water partition coefficient (Wildman–Crippen LogP) is 3.88. The molecule has 0 amide bonds. The summed E-state index contributed by atoms with van der Waals surface area (Å²) in [5.74, 6) is 0.